The lowest BCUT2D eigenvalue weighted by Gasteiger charge is -2.38. The quantitative estimate of drug-likeness (QED) is 0.744. The smallest absolute Gasteiger partial charge is 0.240 e. The van der Waals surface area contributed by atoms with Crippen LogP contribution in [-0.2, 0) is 17.8 Å². The molecule has 1 fully saturated rings. The van der Waals surface area contributed by atoms with Crippen LogP contribution in [0.15, 0.2) is 54.9 Å². The number of benzene rings is 2. The molecule has 3 aromatic rings. The number of hydrogen-bond donors (Lipinski definition) is 1. The molecule has 0 unspecified atom stereocenters. The summed E-state index contributed by atoms with van der Waals surface area (Å²) in [5.74, 6) is 1.17. The van der Waals surface area contributed by atoms with Crippen LogP contribution in [0.4, 0.5) is 5.82 Å². The number of fused-ring (bicyclic) bond motifs is 2. The minimum Gasteiger partial charge on any atom is -0.352 e. The van der Waals surface area contributed by atoms with Crippen LogP contribution in [0.3, 0.4) is 0 Å². The first-order chi connectivity index (χ1) is 13.8. The van der Waals surface area contributed by atoms with Crippen molar-refractivity contribution in [3.8, 4) is 0 Å². The molecule has 1 amide bonds. The van der Waals surface area contributed by atoms with Crippen molar-refractivity contribution in [3.05, 3.63) is 66.0 Å². The molecule has 28 heavy (non-hydrogen) atoms. The highest BCUT2D eigenvalue weighted by Gasteiger charge is 2.30. The highest BCUT2D eigenvalue weighted by Crippen LogP contribution is 2.24. The molecule has 0 spiro atoms. The first-order valence-corrected chi connectivity index (χ1v) is 9.83. The van der Waals surface area contributed by atoms with Gasteiger partial charge in [0.05, 0.1) is 11.6 Å². The number of para-hydroxylation sites is 1. The molecule has 0 bridgehead atoms. The zero-order valence-corrected chi connectivity index (χ0v) is 15.7. The van der Waals surface area contributed by atoms with Crippen molar-refractivity contribution in [2.24, 2.45) is 0 Å². The van der Waals surface area contributed by atoms with Crippen LogP contribution in [0.1, 0.15) is 11.1 Å². The largest absolute Gasteiger partial charge is 0.352 e. The fraction of sp³-hybridized carbons (Fsp3) is 0.318. The molecule has 6 heteroatoms. The third-order valence-corrected chi connectivity index (χ3v) is 5.79. The predicted octanol–water partition coefficient (Wildman–Crippen LogP) is 1.99. The average molecular weight is 373 g/mol. The molecule has 0 saturated carbocycles. The van der Waals surface area contributed by atoms with E-state index in [0.717, 1.165) is 55.9 Å². The van der Waals surface area contributed by atoms with E-state index in [-0.39, 0.29) is 11.9 Å². The van der Waals surface area contributed by atoms with Crippen LogP contribution in [0, 0.1) is 0 Å². The molecule has 1 aromatic heterocycles. The predicted molar refractivity (Wildman–Crippen MR) is 109 cm³/mol. The fourth-order valence-corrected chi connectivity index (χ4v) is 4.23. The normalized spacial score (nSPS) is 19.5. The number of amides is 1. The van der Waals surface area contributed by atoms with Gasteiger partial charge in [0.25, 0.3) is 0 Å². The highest BCUT2D eigenvalue weighted by molar-refractivity contribution is 5.89. The Morgan fingerprint density at radius 2 is 1.68 bits per heavy atom. The molecule has 1 atom stereocenters. The molecule has 2 aliphatic rings. The van der Waals surface area contributed by atoms with Gasteiger partial charge in [0.1, 0.15) is 12.1 Å². The highest BCUT2D eigenvalue weighted by atomic mass is 16.2. The summed E-state index contributed by atoms with van der Waals surface area (Å²) in [5, 5.41) is 4.48. The number of carbonyl (C=O) groups is 1. The van der Waals surface area contributed by atoms with E-state index in [1.165, 1.54) is 11.1 Å². The Labute approximate surface area is 164 Å². The van der Waals surface area contributed by atoms with Gasteiger partial charge >= 0.3 is 0 Å². The Kier molecular flexibility index (Phi) is 4.41. The fourth-order valence-electron chi connectivity index (χ4n) is 4.23. The van der Waals surface area contributed by atoms with Crippen molar-refractivity contribution >= 4 is 22.6 Å². The van der Waals surface area contributed by atoms with Crippen LogP contribution >= 0.6 is 0 Å². The lowest BCUT2D eigenvalue weighted by molar-refractivity contribution is -0.134. The molecule has 0 radical (unpaired) electrons. The maximum atomic E-state index is 13.0. The molecular formula is C22H23N5O. The minimum absolute atomic E-state index is 0.124. The third-order valence-electron chi connectivity index (χ3n) is 5.79. The SMILES string of the molecule is O=C([C@H]1Cc2ccccc2CN1)N1CCN(c2ncnc3ccccc23)CC1. The summed E-state index contributed by atoms with van der Waals surface area (Å²) >= 11 is 0. The van der Waals surface area contributed by atoms with E-state index in [0.29, 0.717) is 0 Å². The number of hydrogen-bond acceptors (Lipinski definition) is 5. The van der Waals surface area contributed by atoms with E-state index < -0.39 is 0 Å². The molecule has 142 valence electrons. The Balaban J connectivity index is 1.27. The molecule has 3 heterocycles. The maximum absolute atomic E-state index is 13.0. The first kappa shape index (κ1) is 17.1. The van der Waals surface area contributed by atoms with Gasteiger partial charge in [-0.25, -0.2) is 9.97 Å². The molecule has 2 aliphatic heterocycles. The summed E-state index contributed by atoms with van der Waals surface area (Å²) in [7, 11) is 0. The van der Waals surface area contributed by atoms with E-state index in [1.54, 1.807) is 6.33 Å². The van der Waals surface area contributed by atoms with Gasteiger partial charge in [-0.15, -0.1) is 0 Å². The molecule has 6 nitrogen and oxygen atoms in total. The topological polar surface area (TPSA) is 61.4 Å². The van der Waals surface area contributed by atoms with Crippen LogP contribution < -0.4 is 10.2 Å². The second kappa shape index (κ2) is 7.20. The lowest BCUT2D eigenvalue weighted by Crippen LogP contribution is -2.55. The number of piperazine rings is 1. The number of carbonyl (C=O) groups excluding carboxylic acids is 1. The van der Waals surface area contributed by atoms with Gasteiger partial charge < -0.3 is 15.1 Å². The zero-order chi connectivity index (χ0) is 18.9. The van der Waals surface area contributed by atoms with Gasteiger partial charge in [0.2, 0.25) is 5.91 Å². The van der Waals surface area contributed by atoms with Gasteiger partial charge in [-0.3, -0.25) is 4.79 Å². The second-order valence-corrected chi connectivity index (χ2v) is 7.43. The number of rotatable bonds is 2. The number of anilines is 1. The number of nitrogens with zero attached hydrogens (tertiary/aromatic N) is 4. The standard InChI is InChI=1S/C22H23N5O/c28-22(20-13-16-5-1-2-6-17(16)14-23-20)27-11-9-26(10-12-27)21-18-7-3-4-8-19(18)24-15-25-21/h1-8,15,20,23H,9-14H2/t20-/m1/s1. The van der Waals surface area contributed by atoms with Crippen molar-refractivity contribution in [3.63, 3.8) is 0 Å². The summed E-state index contributed by atoms with van der Waals surface area (Å²) in [6.07, 6.45) is 2.39. The van der Waals surface area contributed by atoms with Gasteiger partial charge in [0.15, 0.2) is 0 Å². The summed E-state index contributed by atoms with van der Waals surface area (Å²) in [5.41, 5.74) is 3.54. The van der Waals surface area contributed by atoms with Crippen LogP contribution in [0.2, 0.25) is 0 Å². The van der Waals surface area contributed by atoms with Crippen LogP contribution in [0.25, 0.3) is 10.9 Å². The van der Waals surface area contributed by atoms with Gasteiger partial charge in [-0.2, -0.15) is 0 Å². The molecule has 1 N–H and O–H groups in total. The van der Waals surface area contributed by atoms with Gasteiger partial charge in [0, 0.05) is 38.1 Å². The van der Waals surface area contributed by atoms with Crippen LogP contribution in [0.5, 0.6) is 0 Å². The Hall–Kier alpha value is -2.99. The second-order valence-electron chi connectivity index (χ2n) is 7.43. The summed E-state index contributed by atoms with van der Waals surface area (Å²) in [4.78, 5) is 26.2. The van der Waals surface area contributed by atoms with E-state index in [1.807, 2.05) is 23.1 Å². The number of aromatic nitrogens is 2. The molecular weight excluding hydrogens is 350 g/mol. The first-order valence-electron chi connectivity index (χ1n) is 9.83. The molecule has 5 rings (SSSR count). The van der Waals surface area contributed by atoms with E-state index in [2.05, 4.69) is 50.5 Å². The van der Waals surface area contributed by atoms with Gasteiger partial charge in [-0.1, -0.05) is 36.4 Å². The summed E-state index contributed by atoms with van der Waals surface area (Å²) in [6, 6.07) is 16.3. The Morgan fingerprint density at radius 3 is 2.54 bits per heavy atom. The van der Waals surface area contributed by atoms with E-state index in [4.69, 9.17) is 0 Å². The summed E-state index contributed by atoms with van der Waals surface area (Å²) in [6.45, 7) is 3.78. The molecule has 0 aliphatic carbocycles. The van der Waals surface area contributed by atoms with Crippen molar-refractivity contribution in [1.82, 2.24) is 20.2 Å². The third kappa shape index (κ3) is 3.10. The lowest BCUT2D eigenvalue weighted by atomic mass is 9.95. The number of nitrogens with one attached hydrogen (secondary N) is 1. The Morgan fingerprint density at radius 1 is 0.929 bits per heavy atom. The maximum Gasteiger partial charge on any atom is 0.240 e. The average Bonchev–Trinajstić information content (AvgIpc) is 2.78. The van der Waals surface area contributed by atoms with Crippen molar-refractivity contribution in [1.29, 1.82) is 0 Å². The zero-order valence-electron chi connectivity index (χ0n) is 15.7. The minimum atomic E-state index is -0.124. The van der Waals surface area contributed by atoms with Crippen molar-refractivity contribution in [2.75, 3.05) is 31.1 Å². The van der Waals surface area contributed by atoms with Crippen molar-refractivity contribution < 1.29 is 4.79 Å². The van der Waals surface area contributed by atoms with Crippen molar-refractivity contribution in [2.45, 2.75) is 19.0 Å². The monoisotopic (exact) mass is 373 g/mol. The molecule has 2 aromatic carbocycles. The van der Waals surface area contributed by atoms with Crippen LogP contribution in [-0.4, -0.2) is 53.0 Å². The molecule has 1 saturated heterocycles. The Bertz CT molecular complexity index is 1010. The van der Waals surface area contributed by atoms with E-state index >= 15 is 0 Å². The van der Waals surface area contributed by atoms with E-state index in [9.17, 15) is 4.79 Å². The van der Waals surface area contributed by atoms with Gasteiger partial charge in [-0.05, 0) is 29.7 Å². The summed E-state index contributed by atoms with van der Waals surface area (Å²) < 4.78 is 0.